The van der Waals surface area contributed by atoms with Crippen molar-refractivity contribution in [3.05, 3.63) is 42.5 Å². The van der Waals surface area contributed by atoms with Crippen LogP contribution in [0.3, 0.4) is 0 Å². The first-order valence-electron chi connectivity index (χ1n) is 8.66. The zero-order valence-electron chi connectivity index (χ0n) is 14.5. The van der Waals surface area contributed by atoms with Crippen molar-refractivity contribution in [2.45, 2.75) is 18.9 Å². The molecule has 1 aliphatic rings. The van der Waals surface area contributed by atoms with Crippen LogP contribution in [0.15, 0.2) is 36.9 Å². The van der Waals surface area contributed by atoms with Crippen molar-refractivity contribution in [1.29, 1.82) is 0 Å². The summed E-state index contributed by atoms with van der Waals surface area (Å²) in [6, 6.07) is 5.88. The van der Waals surface area contributed by atoms with Gasteiger partial charge in [0.1, 0.15) is 23.5 Å². The van der Waals surface area contributed by atoms with Gasteiger partial charge in [0.25, 0.3) is 5.91 Å². The molecule has 10 heteroatoms. The lowest BCUT2D eigenvalue weighted by molar-refractivity contribution is 0.0952. The Morgan fingerprint density at radius 3 is 3.00 bits per heavy atom. The molecule has 27 heavy (non-hydrogen) atoms. The number of fused-ring (bicyclic) bond motifs is 2. The summed E-state index contributed by atoms with van der Waals surface area (Å²) in [6.07, 6.45) is 7.09. The summed E-state index contributed by atoms with van der Waals surface area (Å²) in [5, 5.41) is 21.7. The summed E-state index contributed by atoms with van der Waals surface area (Å²) in [7, 11) is 1.80. The second kappa shape index (κ2) is 5.94. The molecule has 136 valence electrons. The monoisotopic (exact) mass is 363 g/mol. The van der Waals surface area contributed by atoms with Crippen LogP contribution in [0.4, 0.5) is 17.3 Å². The molecule has 0 aliphatic heterocycles. The van der Waals surface area contributed by atoms with Crippen LogP contribution in [0, 0.1) is 0 Å². The van der Waals surface area contributed by atoms with Crippen molar-refractivity contribution >= 4 is 34.5 Å². The molecule has 0 saturated heterocycles. The lowest BCUT2D eigenvalue weighted by Crippen LogP contribution is -2.25. The number of nitrogens with zero attached hydrogens (tertiary/aromatic N) is 6. The van der Waals surface area contributed by atoms with Crippen LogP contribution in [-0.4, -0.2) is 48.2 Å². The van der Waals surface area contributed by atoms with Crippen LogP contribution in [0.2, 0.25) is 0 Å². The van der Waals surface area contributed by atoms with Crippen LogP contribution in [0.25, 0.3) is 11.3 Å². The zero-order valence-corrected chi connectivity index (χ0v) is 14.5. The van der Waals surface area contributed by atoms with Crippen molar-refractivity contribution in [2.75, 3.05) is 17.7 Å². The number of hydrogen-bond donors (Lipinski definition) is 3. The minimum atomic E-state index is -0.154. The zero-order chi connectivity index (χ0) is 18.4. The Morgan fingerprint density at radius 1 is 1.30 bits per heavy atom. The van der Waals surface area contributed by atoms with Crippen molar-refractivity contribution in [1.82, 2.24) is 34.5 Å². The van der Waals surface area contributed by atoms with Crippen molar-refractivity contribution in [3.63, 3.8) is 0 Å². The molecule has 4 aromatic rings. The summed E-state index contributed by atoms with van der Waals surface area (Å²) >= 11 is 0. The highest BCUT2D eigenvalue weighted by Crippen LogP contribution is 2.24. The van der Waals surface area contributed by atoms with E-state index in [-0.39, 0.29) is 11.9 Å². The van der Waals surface area contributed by atoms with E-state index in [1.807, 2.05) is 28.8 Å². The molecular weight excluding hydrogens is 346 g/mol. The van der Waals surface area contributed by atoms with Crippen LogP contribution in [-0.2, 0) is 0 Å². The maximum absolute atomic E-state index is 12.5. The molecule has 1 fully saturated rings. The van der Waals surface area contributed by atoms with Crippen LogP contribution in [0.1, 0.15) is 23.2 Å². The summed E-state index contributed by atoms with van der Waals surface area (Å²) < 4.78 is 3.43. The van der Waals surface area contributed by atoms with Crippen molar-refractivity contribution < 1.29 is 4.79 Å². The highest BCUT2D eigenvalue weighted by molar-refractivity contribution is 6.00. The second-order valence-electron chi connectivity index (χ2n) is 6.43. The van der Waals surface area contributed by atoms with Gasteiger partial charge in [-0.3, -0.25) is 9.20 Å². The number of nitrogens with one attached hydrogen (secondary N) is 3. The highest BCUT2D eigenvalue weighted by atomic mass is 16.1. The van der Waals surface area contributed by atoms with E-state index in [0.717, 1.165) is 18.5 Å². The molecule has 1 saturated carbocycles. The molecule has 4 aromatic heterocycles. The molecule has 10 nitrogen and oxygen atoms in total. The van der Waals surface area contributed by atoms with E-state index < -0.39 is 0 Å². The molecule has 1 amide bonds. The third-order valence-corrected chi connectivity index (χ3v) is 4.47. The van der Waals surface area contributed by atoms with Gasteiger partial charge in [0.2, 0.25) is 0 Å². The third-order valence-electron chi connectivity index (χ3n) is 4.47. The quantitative estimate of drug-likeness (QED) is 0.492. The normalized spacial score (nSPS) is 13.8. The lowest BCUT2D eigenvalue weighted by Gasteiger charge is -2.10. The standard InChI is InChI=1S/C17H17N9O/c1-18-14-7-13(22-12-3-2-6-25-9-19-24-16(12)25)23-15-11(8-20-26(14)15)17(27)21-10-4-5-10/h2-3,6-10,18H,4-5H2,1H3,(H,21,27)(H,22,23). The number of aromatic nitrogens is 6. The van der Waals surface area contributed by atoms with Gasteiger partial charge in [0, 0.05) is 25.4 Å². The van der Waals surface area contributed by atoms with E-state index in [1.54, 1.807) is 24.1 Å². The summed E-state index contributed by atoms with van der Waals surface area (Å²) in [4.78, 5) is 17.1. The van der Waals surface area contributed by atoms with Crippen LogP contribution < -0.4 is 16.0 Å². The van der Waals surface area contributed by atoms with E-state index in [1.165, 1.54) is 0 Å². The Hall–Kier alpha value is -3.69. The predicted molar refractivity (Wildman–Crippen MR) is 99.3 cm³/mol. The SMILES string of the molecule is CNc1cc(Nc2cccn3cnnc23)nc2c(C(=O)NC3CC3)cnn12. The fourth-order valence-corrected chi connectivity index (χ4v) is 2.94. The molecule has 5 rings (SSSR count). The van der Waals surface area contributed by atoms with E-state index in [0.29, 0.717) is 28.5 Å². The lowest BCUT2D eigenvalue weighted by atomic mass is 10.3. The fraction of sp³-hybridized carbons (Fsp3) is 0.235. The molecule has 0 bridgehead atoms. The molecule has 0 atom stereocenters. The number of rotatable bonds is 5. The number of hydrogen-bond acceptors (Lipinski definition) is 7. The second-order valence-corrected chi connectivity index (χ2v) is 6.43. The smallest absolute Gasteiger partial charge is 0.256 e. The Balaban J connectivity index is 1.57. The average Bonchev–Trinajstić information content (AvgIpc) is 3.19. The Bertz CT molecular complexity index is 1160. The number of amides is 1. The summed E-state index contributed by atoms with van der Waals surface area (Å²) in [5.41, 5.74) is 2.38. The Morgan fingerprint density at radius 2 is 2.19 bits per heavy atom. The summed E-state index contributed by atoms with van der Waals surface area (Å²) in [6.45, 7) is 0. The van der Waals surface area contributed by atoms with E-state index in [9.17, 15) is 4.79 Å². The molecular formula is C17H17N9O. The van der Waals surface area contributed by atoms with Crippen LogP contribution in [0.5, 0.6) is 0 Å². The molecule has 0 unspecified atom stereocenters. The van der Waals surface area contributed by atoms with Crippen molar-refractivity contribution in [3.8, 4) is 0 Å². The highest BCUT2D eigenvalue weighted by Gasteiger charge is 2.26. The van der Waals surface area contributed by atoms with Gasteiger partial charge in [0.15, 0.2) is 11.3 Å². The maximum atomic E-state index is 12.5. The van der Waals surface area contributed by atoms with Gasteiger partial charge in [-0.25, -0.2) is 4.98 Å². The first-order valence-corrected chi connectivity index (χ1v) is 8.66. The molecule has 1 aliphatic carbocycles. The van der Waals surface area contributed by atoms with Gasteiger partial charge in [-0.1, -0.05) is 0 Å². The molecule has 0 spiro atoms. The van der Waals surface area contributed by atoms with Gasteiger partial charge in [-0.15, -0.1) is 10.2 Å². The minimum absolute atomic E-state index is 0.154. The maximum Gasteiger partial charge on any atom is 0.256 e. The van der Waals surface area contributed by atoms with Crippen molar-refractivity contribution in [2.24, 2.45) is 0 Å². The van der Waals surface area contributed by atoms with E-state index >= 15 is 0 Å². The van der Waals surface area contributed by atoms with Crippen LogP contribution >= 0.6 is 0 Å². The first kappa shape index (κ1) is 15.6. The number of anilines is 3. The first-order chi connectivity index (χ1) is 13.2. The minimum Gasteiger partial charge on any atom is -0.373 e. The number of carbonyl (C=O) groups excluding carboxylic acids is 1. The molecule has 3 N–H and O–H groups in total. The van der Waals surface area contributed by atoms with Gasteiger partial charge >= 0.3 is 0 Å². The van der Waals surface area contributed by atoms with Gasteiger partial charge < -0.3 is 16.0 Å². The molecule has 0 radical (unpaired) electrons. The molecule has 0 aromatic carbocycles. The van der Waals surface area contributed by atoms with Gasteiger partial charge in [-0.05, 0) is 25.0 Å². The third kappa shape index (κ3) is 2.71. The number of carbonyl (C=O) groups is 1. The van der Waals surface area contributed by atoms with Gasteiger partial charge in [0.05, 0.1) is 11.9 Å². The average molecular weight is 363 g/mol. The van der Waals surface area contributed by atoms with E-state index in [4.69, 9.17) is 0 Å². The summed E-state index contributed by atoms with van der Waals surface area (Å²) in [5.74, 6) is 1.13. The Labute approximate surface area is 153 Å². The Kier molecular flexibility index (Phi) is 3.42. The topological polar surface area (TPSA) is 114 Å². The van der Waals surface area contributed by atoms with Gasteiger partial charge in [-0.2, -0.15) is 9.61 Å². The molecule has 4 heterocycles. The largest absolute Gasteiger partial charge is 0.373 e. The predicted octanol–water partition coefficient (Wildman–Crippen LogP) is 1.45. The van der Waals surface area contributed by atoms with E-state index in [2.05, 4.69) is 36.2 Å². The number of pyridine rings is 1. The fourth-order valence-electron chi connectivity index (χ4n) is 2.94.